The molecule has 22 heavy (non-hydrogen) atoms. The Hall–Kier alpha value is -2.30. The van der Waals surface area contributed by atoms with Gasteiger partial charge in [0, 0.05) is 31.0 Å². The van der Waals surface area contributed by atoms with E-state index < -0.39 is 0 Å². The van der Waals surface area contributed by atoms with E-state index in [1.54, 1.807) is 6.08 Å². The average Bonchev–Trinajstić information content (AvgIpc) is 2.54. The molecule has 1 fully saturated rings. The summed E-state index contributed by atoms with van der Waals surface area (Å²) in [5, 5.41) is 5.31. The van der Waals surface area contributed by atoms with Crippen LogP contribution < -0.4 is 15.5 Å². The van der Waals surface area contributed by atoms with Gasteiger partial charge in [0.05, 0.1) is 0 Å². The topological polar surface area (TPSA) is 61.4 Å². The molecule has 1 aromatic rings. The minimum absolute atomic E-state index is 0.179. The third kappa shape index (κ3) is 4.91. The fourth-order valence-electron chi connectivity index (χ4n) is 2.51. The van der Waals surface area contributed by atoms with Crippen LogP contribution in [0.2, 0.25) is 0 Å². The van der Waals surface area contributed by atoms with Crippen LogP contribution in [-0.4, -0.2) is 31.4 Å². The van der Waals surface area contributed by atoms with E-state index in [0.29, 0.717) is 12.2 Å². The number of carbonyl (C=O) groups is 2. The number of hydrogen-bond donors (Lipinski definition) is 2. The normalized spacial score (nSPS) is 14.3. The molecular weight excluding hydrogens is 278 g/mol. The van der Waals surface area contributed by atoms with E-state index in [9.17, 15) is 9.59 Å². The van der Waals surface area contributed by atoms with Crippen molar-refractivity contribution in [3.05, 3.63) is 36.9 Å². The van der Waals surface area contributed by atoms with Gasteiger partial charge in [0.2, 0.25) is 11.8 Å². The van der Waals surface area contributed by atoms with Gasteiger partial charge in [-0.05, 0) is 43.5 Å². The molecule has 1 saturated heterocycles. The van der Waals surface area contributed by atoms with E-state index >= 15 is 0 Å². The summed E-state index contributed by atoms with van der Waals surface area (Å²) in [6.07, 6.45) is 5.17. The van der Waals surface area contributed by atoms with Crippen molar-refractivity contribution in [2.45, 2.75) is 25.7 Å². The van der Waals surface area contributed by atoms with Gasteiger partial charge in [0.25, 0.3) is 0 Å². The van der Waals surface area contributed by atoms with Crippen LogP contribution in [0.1, 0.15) is 25.7 Å². The molecule has 2 N–H and O–H groups in total. The molecule has 0 unspecified atom stereocenters. The monoisotopic (exact) mass is 301 g/mol. The van der Waals surface area contributed by atoms with Gasteiger partial charge in [0.15, 0.2) is 0 Å². The molecule has 0 bridgehead atoms. The number of benzene rings is 1. The van der Waals surface area contributed by atoms with Gasteiger partial charge < -0.3 is 15.5 Å². The maximum Gasteiger partial charge on any atom is 0.233 e. The molecule has 2 rings (SSSR count). The number of nitrogens with one attached hydrogen (secondary N) is 2. The van der Waals surface area contributed by atoms with Crippen LogP contribution in [0.5, 0.6) is 0 Å². The summed E-state index contributed by atoms with van der Waals surface area (Å²) < 4.78 is 0. The lowest BCUT2D eigenvalue weighted by molar-refractivity contribution is -0.126. The van der Waals surface area contributed by atoms with Crippen LogP contribution in [0.4, 0.5) is 11.4 Å². The molecule has 1 heterocycles. The summed E-state index contributed by atoms with van der Waals surface area (Å²) >= 11 is 0. The molecule has 1 aromatic carbocycles. The molecular formula is C17H23N3O2. The van der Waals surface area contributed by atoms with Crippen LogP contribution in [0.3, 0.4) is 0 Å². The lowest BCUT2D eigenvalue weighted by Crippen LogP contribution is -2.29. The van der Waals surface area contributed by atoms with Crippen molar-refractivity contribution in [1.29, 1.82) is 0 Å². The van der Waals surface area contributed by atoms with Crippen molar-refractivity contribution in [2.75, 3.05) is 29.9 Å². The molecule has 0 aromatic heterocycles. The van der Waals surface area contributed by atoms with Crippen molar-refractivity contribution < 1.29 is 9.59 Å². The first-order valence-corrected chi connectivity index (χ1v) is 7.71. The smallest absolute Gasteiger partial charge is 0.233 e. The summed E-state index contributed by atoms with van der Waals surface area (Å²) in [5.74, 6) is -0.616. The Morgan fingerprint density at radius 3 is 2.41 bits per heavy atom. The summed E-state index contributed by atoms with van der Waals surface area (Å²) in [6, 6.07) is 7.78. The third-order valence-corrected chi connectivity index (χ3v) is 3.64. The molecule has 2 amide bonds. The zero-order valence-electron chi connectivity index (χ0n) is 12.8. The molecule has 0 radical (unpaired) electrons. The zero-order valence-corrected chi connectivity index (χ0v) is 12.8. The molecule has 1 aliphatic rings. The number of nitrogens with zero attached hydrogens (tertiary/aromatic N) is 1. The van der Waals surface area contributed by atoms with E-state index in [1.165, 1.54) is 24.9 Å². The summed E-state index contributed by atoms with van der Waals surface area (Å²) in [5.41, 5.74) is 1.89. The van der Waals surface area contributed by atoms with Crippen LogP contribution in [-0.2, 0) is 9.59 Å². The average molecular weight is 301 g/mol. The van der Waals surface area contributed by atoms with Crippen molar-refractivity contribution in [3.8, 4) is 0 Å². The van der Waals surface area contributed by atoms with E-state index in [1.807, 2.05) is 24.3 Å². The quantitative estimate of drug-likeness (QED) is 0.626. The number of rotatable bonds is 6. The van der Waals surface area contributed by atoms with Gasteiger partial charge in [-0.3, -0.25) is 9.59 Å². The fourth-order valence-corrected chi connectivity index (χ4v) is 2.51. The SMILES string of the molecule is C=CCNC(=O)CC(=O)Nc1ccc(N2CCCCC2)cc1. The third-order valence-electron chi connectivity index (χ3n) is 3.64. The Morgan fingerprint density at radius 2 is 1.77 bits per heavy atom. The number of hydrogen-bond acceptors (Lipinski definition) is 3. The molecule has 0 saturated carbocycles. The molecule has 0 atom stereocenters. The maximum atomic E-state index is 11.8. The minimum atomic E-state index is -0.313. The summed E-state index contributed by atoms with van der Waals surface area (Å²) in [6.45, 7) is 6.06. The highest BCUT2D eigenvalue weighted by Crippen LogP contribution is 2.21. The molecule has 5 nitrogen and oxygen atoms in total. The molecule has 118 valence electrons. The Morgan fingerprint density at radius 1 is 1.09 bits per heavy atom. The van der Waals surface area contributed by atoms with Gasteiger partial charge in [-0.1, -0.05) is 6.08 Å². The lowest BCUT2D eigenvalue weighted by Gasteiger charge is -2.28. The minimum Gasteiger partial charge on any atom is -0.372 e. The van der Waals surface area contributed by atoms with Crippen LogP contribution in [0.25, 0.3) is 0 Å². The van der Waals surface area contributed by atoms with Crippen molar-refractivity contribution in [2.24, 2.45) is 0 Å². The standard InChI is InChI=1S/C17H23N3O2/c1-2-10-18-16(21)13-17(22)19-14-6-8-15(9-7-14)20-11-4-3-5-12-20/h2,6-9H,1,3-5,10-13H2,(H,18,21)(H,19,22). The number of anilines is 2. The number of carbonyl (C=O) groups excluding carboxylic acids is 2. The van der Waals surface area contributed by atoms with Gasteiger partial charge >= 0.3 is 0 Å². The highest BCUT2D eigenvalue weighted by Gasteiger charge is 2.12. The van der Waals surface area contributed by atoms with E-state index in [4.69, 9.17) is 0 Å². The second kappa shape index (κ2) is 8.22. The van der Waals surface area contributed by atoms with E-state index in [2.05, 4.69) is 22.1 Å². The molecule has 5 heteroatoms. The Bertz CT molecular complexity index is 519. The first-order valence-electron chi connectivity index (χ1n) is 7.71. The van der Waals surface area contributed by atoms with Crippen molar-refractivity contribution in [3.63, 3.8) is 0 Å². The summed E-state index contributed by atoms with van der Waals surface area (Å²) in [7, 11) is 0. The maximum absolute atomic E-state index is 11.8. The van der Waals surface area contributed by atoms with Gasteiger partial charge in [0.1, 0.15) is 6.42 Å². The number of amides is 2. The number of piperidine rings is 1. The molecule has 0 spiro atoms. The van der Waals surface area contributed by atoms with Crippen molar-refractivity contribution >= 4 is 23.2 Å². The highest BCUT2D eigenvalue weighted by molar-refractivity contribution is 6.03. The molecule has 0 aliphatic carbocycles. The first-order chi connectivity index (χ1) is 10.7. The lowest BCUT2D eigenvalue weighted by atomic mass is 10.1. The predicted molar refractivity (Wildman–Crippen MR) is 89.0 cm³/mol. The Balaban J connectivity index is 1.83. The van der Waals surface area contributed by atoms with E-state index in [-0.39, 0.29) is 18.2 Å². The van der Waals surface area contributed by atoms with Crippen LogP contribution >= 0.6 is 0 Å². The van der Waals surface area contributed by atoms with Crippen molar-refractivity contribution in [1.82, 2.24) is 5.32 Å². The van der Waals surface area contributed by atoms with E-state index in [0.717, 1.165) is 13.1 Å². The van der Waals surface area contributed by atoms with Gasteiger partial charge in [-0.15, -0.1) is 6.58 Å². The summed E-state index contributed by atoms with van der Waals surface area (Å²) in [4.78, 5) is 25.6. The predicted octanol–water partition coefficient (Wildman–Crippen LogP) is 2.31. The van der Waals surface area contributed by atoms with Crippen LogP contribution in [0.15, 0.2) is 36.9 Å². The first kappa shape index (κ1) is 16.1. The van der Waals surface area contributed by atoms with Gasteiger partial charge in [-0.2, -0.15) is 0 Å². The Kier molecular flexibility index (Phi) is 6.01. The van der Waals surface area contributed by atoms with Gasteiger partial charge in [-0.25, -0.2) is 0 Å². The largest absolute Gasteiger partial charge is 0.372 e. The molecule has 1 aliphatic heterocycles. The Labute approximate surface area is 131 Å². The fraction of sp³-hybridized carbons (Fsp3) is 0.412. The second-order valence-corrected chi connectivity index (χ2v) is 5.41. The zero-order chi connectivity index (χ0) is 15.8. The van der Waals surface area contributed by atoms with Crippen LogP contribution in [0, 0.1) is 0 Å². The second-order valence-electron chi connectivity index (χ2n) is 5.41. The highest BCUT2D eigenvalue weighted by atomic mass is 16.2.